The first-order chi connectivity index (χ1) is 8.24. The zero-order valence-corrected chi connectivity index (χ0v) is 10.2. The van der Waals surface area contributed by atoms with Crippen molar-refractivity contribution in [2.75, 3.05) is 11.9 Å². The molecular weight excluding hydrogens is 216 g/mol. The summed E-state index contributed by atoms with van der Waals surface area (Å²) in [5.74, 6) is 0.779. The van der Waals surface area contributed by atoms with Crippen LogP contribution in [-0.4, -0.2) is 34.4 Å². The molecule has 2 N–H and O–H groups in total. The lowest BCUT2D eigenvalue weighted by Crippen LogP contribution is -2.44. The van der Waals surface area contributed by atoms with Crippen molar-refractivity contribution in [2.24, 2.45) is 0 Å². The predicted octanol–water partition coefficient (Wildman–Crippen LogP) is 1.31. The minimum absolute atomic E-state index is 0.0175. The largest absolute Gasteiger partial charge is 0.392 e. The molecule has 0 radical (unpaired) electrons. The predicted molar refractivity (Wildman–Crippen MR) is 66.8 cm³/mol. The average molecular weight is 236 g/mol. The fourth-order valence-electron chi connectivity index (χ4n) is 2.57. The normalized spacial score (nSPS) is 24.6. The highest BCUT2D eigenvalue weighted by molar-refractivity contribution is 5.46. The number of aromatic nitrogens is 1. The number of pyridine rings is 1. The van der Waals surface area contributed by atoms with Crippen LogP contribution in [0.3, 0.4) is 0 Å². The van der Waals surface area contributed by atoms with Crippen LogP contribution in [0.1, 0.15) is 31.2 Å². The maximum Gasteiger partial charge on any atom is 0.134 e. The van der Waals surface area contributed by atoms with Crippen molar-refractivity contribution < 1.29 is 10.2 Å². The first-order valence-electron chi connectivity index (χ1n) is 6.19. The van der Waals surface area contributed by atoms with Crippen LogP contribution < -0.4 is 4.90 Å². The van der Waals surface area contributed by atoms with E-state index in [1.54, 1.807) is 6.20 Å². The molecule has 0 aromatic carbocycles. The summed E-state index contributed by atoms with van der Waals surface area (Å²) in [4.78, 5) is 6.32. The van der Waals surface area contributed by atoms with Gasteiger partial charge in [-0.05, 0) is 18.9 Å². The second kappa shape index (κ2) is 5.47. The zero-order chi connectivity index (χ0) is 12.3. The Morgan fingerprint density at radius 3 is 2.88 bits per heavy atom. The molecule has 0 saturated heterocycles. The number of aliphatic hydroxyl groups excluding tert-OH is 2. The van der Waals surface area contributed by atoms with Gasteiger partial charge in [0.15, 0.2) is 0 Å². The highest BCUT2D eigenvalue weighted by Gasteiger charge is 2.28. The summed E-state index contributed by atoms with van der Waals surface area (Å²) in [7, 11) is 1.95. The summed E-state index contributed by atoms with van der Waals surface area (Å²) in [5.41, 5.74) is 0.813. The number of aliphatic hydroxyl groups is 2. The van der Waals surface area contributed by atoms with Crippen LogP contribution in [0.15, 0.2) is 18.3 Å². The average Bonchev–Trinajstić information content (AvgIpc) is 2.38. The van der Waals surface area contributed by atoms with Crippen LogP contribution in [0.5, 0.6) is 0 Å². The van der Waals surface area contributed by atoms with Gasteiger partial charge in [0.1, 0.15) is 5.82 Å². The molecule has 1 heterocycles. The molecule has 2 unspecified atom stereocenters. The van der Waals surface area contributed by atoms with Crippen molar-refractivity contribution in [3.05, 3.63) is 23.9 Å². The van der Waals surface area contributed by atoms with Gasteiger partial charge >= 0.3 is 0 Å². The van der Waals surface area contributed by atoms with Crippen molar-refractivity contribution >= 4 is 5.82 Å². The maximum atomic E-state index is 10.0. The summed E-state index contributed by atoms with van der Waals surface area (Å²) >= 11 is 0. The van der Waals surface area contributed by atoms with E-state index >= 15 is 0 Å². The molecule has 4 heteroatoms. The SMILES string of the molecule is CN(c1ncccc1CO)C1CCCCC1O. The quantitative estimate of drug-likeness (QED) is 0.831. The summed E-state index contributed by atoms with van der Waals surface area (Å²) in [5, 5.41) is 19.3. The first-order valence-corrected chi connectivity index (χ1v) is 6.19. The lowest BCUT2D eigenvalue weighted by atomic mass is 9.91. The van der Waals surface area contributed by atoms with Crippen LogP contribution >= 0.6 is 0 Å². The van der Waals surface area contributed by atoms with Crippen LogP contribution in [-0.2, 0) is 6.61 Å². The van der Waals surface area contributed by atoms with Gasteiger partial charge in [-0.15, -0.1) is 0 Å². The molecule has 94 valence electrons. The van der Waals surface area contributed by atoms with Crippen molar-refractivity contribution in [2.45, 2.75) is 44.4 Å². The van der Waals surface area contributed by atoms with Crippen LogP contribution in [0.4, 0.5) is 5.82 Å². The lowest BCUT2D eigenvalue weighted by molar-refractivity contribution is 0.106. The molecule has 1 aliphatic carbocycles. The lowest BCUT2D eigenvalue weighted by Gasteiger charge is -2.36. The molecule has 1 aliphatic rings. The number of rotatable bonds is 3. The highest BCUT2D eigenvalue weighted by atomic mass is 16.3. The Balaban J connectivity index is 2.20. The molecule has 2 atom stereocenters. The molecular formula is C13H20N2O2. The van der Waals surface area contributed by atoms with Crippen molar-refractivity contribution in [1.82, 2.24) is 4.98 Å². The number of likely N-dealkylation sites (N-methyl/N-ethyl adjacent to an activating group) is 1. The molecule has 0 bridgehead atoms. The monoisotopic (exact) mass is 236 g/mol. The Labute approximate surface area is 102 Å². The Kier molecular flexibility index (Phi) is 3.97. The van der Waals surface area contributed by atoms with Gasteiger partial charge in [0.25, 0.3) is 0 Å². The topological polar surface area (TPSA) is 56.6 Å². The van der Waals surface area contributed by atoms with E-state index in [0.717, 1.165) is 37.1 Å². The number of hydrogen-bond donors (Lipinski definition) is 2. The van der Waals surface area contributed by atoms with Gasteiger partial charge in [-0.3, -0.25) is 0 Å². The molecule has 0 aliphatic heterocycles. The first kappa shape index (κ1) is 12.3. The van der Waals surface area contributed by atoms with Crippen molar-refractivity contribution in [1.29, 1.82) is 0 Å². The van der Waals surface area contributed by atoms with Crippen molar-refractivity contribution in [3.8, 4) is 0 Å². The minimum atomic E-state index is -0.290. The second-order valence-electron chi connectivity index (χ2n) is 4.67. The fraction of sp³-hybridized carbons (Fsp3) is 0.615. The smallest absolute Gasteiger partial charge is 0.134 e. The van der Waals surface area contributed by atoms with Crippen LogP contribution in [0.2, 0.25) is 0 Å². The maximum absolute atomic E-state index is 10.0. The van der Waals surface area contributed by atoms with E-state index in [1.807, 2.05) is 24.1 Å². The molecule has 1 aromatic rings. The van der Waals surface area contributed by atoms with E-state index in [-0.39, 0.29) is 18.8 Å². The van der Waals surface area contributed by atoms with E-state index in [2.05, 4.69) is 4.98 Å². The van der Waals surface area contributed by atoms with Crippen LogP contribution in [0, 0.1) is 0 Å². The van der Waals surface area contributed by atoms with E-state index in [0.29, 0.717) is 0 Å². The summed E-state index contributed by atoms with van der Waals surface area (Å²) in [6.07, 6.45) is 5.52. The molecule has 0 spiro atoms. The zero-order valence-electron chi connectivity index (χ0n) is 10.2. The summed E-state index contributed by atoms with van der Waals surface area (Å²) in [6.45, 7) is -0.0175. The number of hydrogen-bond acceptors (Lipinski definition) is 4. The number of nitrogens with zero attached hydrogens (tertiary/aromatic N) is 2. The molecule has 1 saturated carbocycles. The summed E-state index contributed by atoms with van der Waals surface area (Å²) in [6, 6.07) is 3.80. The Bertz CT molecular complexity index is 370. The minimum Gasteiger partial charge on any atom is -0.392 e. The van der Waals surface area contributed by atoms with Gasteiger partial charge in [-0.25, -0.2) is 4.98 Å². The Morgan fingerprint density at radius 1 is 1.41 bits per heavy atom. The van der Waals surface area contributed by atoms with Gasteiger partial charge in [0.05, 0.1) is 18.8 Å². The molecule has 0 amide bonds. The number of anilines is 1. The van der Waals surface area contributed by atoms with E-state index in [9.17, 15) is 10.2 Å². The van der Waals surface area contributed by atoms with Crippen LogP contribution in [0.25, 0.3) is 0 Å². The molecule has 17 heavy (non-hydrogen) atoms. The third-order valence-corrected chi connectivity index (χ3v) is 3.56. The van der Waals surface area contributed by atoms with Gasteiger partial charge < -0.3 is 15.1 Å². The Hall–Kier alpha value is -1.13. The molecule has 1 fully saturated rings. The van der Waals surface area contributed by atoms with E-state index < -0.39 is 0 Å². The molecule has 4 nitrogen and oxygen atoms in total. The molecule has 1 aromatic heterocycles. The fourth-order valence-corrected chi connectivity index (χ4v) is 2.57. The third-order valence-electron chi connectivity index (χ3n) is 3.56. The molecule has 2 rings (SSSR count). The third kappa shape index (κ3) is 2.58. The second-order valence-corrected chi connectivity index (χ2v) is 4.67. The Morgan fingerprint density at radius 2 is 2.18 bits per heavy atom. The standard InChI is InChI=1S/C13H20N2O2/c1-15(11-6-2-3-7-12(11)17)13-10(9-16)5-4-8-14-13/h4-5,8,11-12,16-17H,2-3,6-7,9H2,1H3. The van der Waals surface area contributed by atoms with E-state index in [1.165, 1.54) is 0 Å². The van der Waals surface area contributed by atoms with Gasteiger partial charge in [-0.2, -0.15) is 0 Å². The van der Waals surface area contributed by atoms with Gasteiger partial charge in [0.2, 0.25) is 0 Å². The summed E-state index contributed by atoms with van der Waals surface area (Å²) < 4.78 is 0. The highest BCUT2D eigenvalue weighted by Crippen LogP contribution is 2.27. The van der Waals surface area contributed by atoms with Crippen molar-refractivity contribution in [3.63, 3.8) is 0 Å². The van der Waals surface area contributed by atoms with Gasteiger partial charge in [-0.1, -0.05) is 18.9 Å². The van der Waals surface area contributed by atoms with Gasteiger partial charge in [0, 0.05) is 18.8 Å². The van der Waals surface area contributed by atoms with E-state index in [4.69, 9.17) is 0 Å².